The third-order valence-corrected chi connectivity index (χ3v) is 6.34. The summed E-state index contributed by atoms with van der Waals surface area (Å²) in [4.78, 5) is 15.3. The van der Waals surface area contributed by atoms with Crippen molar-refractivity contribution in [2.45, 2.75) is 13.0 Å². The van der Waals surface area contributed by atoms with Gasteiger partial charge in [-0.1, -0.05) is 18.2 Å². The first kappa shape index (κ1) is 22.8. The highest BCUT2D eigenvalue weighted by atomic mass is 16.5. The molecular formula is C28H27NO6. The Labute approximate surface area is 203 Å². The van der Waals surface area contributed by atoms with Gasteiger partial charge in [-0.2, -0.15) is 0 Å². The van der Waals surface area contributed by atoms with Gasteiger partial charge >= 0.3 is 5.63 Å². The standard InChI is InChI=1S/C28H27NO6/c1-31-20-9-10-21(26(15-20)33-3)22-14-19-8-11-25-23(27(19)35-28(22)30)16-29(17-34-25)13-12-18-6-4-5-7-24(18)32-2/h4-11,14-15H,12-13,16-17H2,1-3H3. The highest BCUT2D eigenvalue weighted by Gasteiger charge is 2.23. The third kappa shape index (κ3) is 4.42. The summed E-state index contributed by atoms with van der Waals surface area (Å²) < 4.78 is 28.1. The summed E-state index contributed by atoms with van der Waals surface area (Å²) in [5.74, 6) is 2.81. The molecule has 35 heavy (non-hydrogen) atoms. The average Bonchev–Trinajstić information content (AvgIpc) is 2.91. The second-order valence-corrected chi connectivity index (χ2v) is 8.36. The number of hydrogen-bond acceptors (Lipinski definition) is 7. The molecule has 5 rings (SSSR count). The second kappa shape index (κ2) is 9.72. The van der Waals surface area contributed by atoms with Crippen LogP contribution in [0.1, 0.15) is 11.1 Å². The molecule has 0 aliphatic carbocycles. The van der Waals surface area contributed by atoms with Gasteiger partial charge in [-0.15, -0.1) is 0 Å². The molecule has 3 aromatic carbocycles. The molecule has 1 aliphatic heterocycles. The van der Waals surface area contributed by atoms with Gasteiger partial charge < -0.3 is 23.4 Å². The number of para-hydroxylation sites is 1. The maximum absolute atomic E-state index is 13.1. The van der Waals surface area contributed by atoms with Gasteiger partial charge in [0.05, 0.1) is 32.5 Å². The smallest absolute Gasteiger partial charge is 0.344 e. The van der Waals surface area contributed by atoms with E-state index in [2.05, 4.69) is 11.0 Å². The van der Waals surface area contributed by atoms with Crippen molar-refractivity contribution in [3.8, 4) is 34.1 Å². The second-order valence-electron chi connectivity index (χ2n) is 8.36. The minimum atomic E-state index is -0.430. The van der Waals surface area contributed by atoms with E-state index in [1.807, 2.05) is 36.4 Å². The molecular weight excluding hydrogens is 446 g/mol. The van der Waals surface area contributed by atoms with Crippen LogP contribution in [-0.2, 0) is 13.0 Å². The number of rotatable bonds is 7. The molecule has 0 unspecified atom stereocenters. The summed E-state index contributed by atoms with van der Waals surface area (Å²) in [5, 5.41) is 0.825. The van der Waals surface area contributed by atoms with E-state index >= 15 is 0 Å². The van der Waals surface area contributed by atoms with Crippen LogP contribution in [0, 0.1) is 0 Å². The van der Waals surface area contributed by atoms with Crippen LogP contribution in [0.15, 0.2) is 69.9 Å². The van der Waals surface area contributed by atoms with Crippen molar-refractivity contribution in [3.05, 3.63) is 82.2 Å². The summed E-state index contributed by atoms with van der Waals surface area (Å²) in [5.41, 5.74) is 3.21. The van der Waals surface area contributed by atoms with Crippen molar-refractivity contribution in [3.63, 3.8) is 0 Å². The van der Waals surface area contributed by atoms with Crippen molar-refractivity contribution in [2.75, 3.05) is 34.6 Å². The van der Waals surface area contributed by atoms with Crippen LogP contribution in [0.3, 0.4) is 0 Å². The lowest BCUT2D eigenvalue weighted by Gasteiger charge is -2.29. The first-order chi connectivity index (χ1) is 17.1. The summed E-state index contributed by atoms with van der Waals surface area (Å²) in [6.45, 7) is 1.87. The fourth-order valence-corrected chi connectivity index (χ4v) is 4.48. The molecule has 0 atom stereocenters. The number of nitrogens with zero attached hydrogens (tertiary/aromatic N) is 1. The van der Waals surface area contributed by atoms with E-state index in [1.165, 1.54) is 0 Å². The number of methoxy groups -OCH3 is 3. The number of ether oxygens (including phenoxy) is 4. The van der Waals surface area contributed by atoms with Gasteiger partial charge in [-0.3, -0.25) is 4.90 Å². The fraction of sp³-hybridized carbons (Fsp3) is 0.250. The summed E-state index contributed by atoms with van der Waals surface area (Å²) in [6.07, 6.45) is 0.818. The Bertz CT molecular complexity index is 1430. The number of fused-ring (bicyclic) bond motifs is 3. The molecule has 0 bridgehead atoms. The van der Waals surface area contributed by atoms with Gasteiger partial charge in [-0.05, 0) is 48.4 Å². The summed E-state index contributed by atoms with van der Waals surface area (Å²) >= 11 is 0. The predicted molar refractivity (Wildman–Crippen MR) is 134 cm³/mol. The van der Waals surface area contributed by atoms with Crippen LogP contribution >= 0.6 is 0 Å². The van der Waals surface area contributed by atoms with Crippen molar-refractivity contribution >= 4 is 11.0 Å². The molecule has 0 fully saturated rings. The molecule has 2 heterocycles. The SMILES string of the molecule is COc1ccc(-c2cc3ccc4c(c3oc2=O)CN(CCc2ccccc2OC)CO4)c(OC)c1. The Hall–Kier alpha value is -3.97. The predicted octanol–water partition coefficient (Wildman–Crippen LogP) is 4.88. The largest absolute Gasteiger partial charge is 0.497 e. The molecule has 180 valence electrons. The van der Waals surface area contributed by atoms with Crippen LogP contribution in [0.2, 0.25) is 0 Å². The minimum absolute atomic E-state index is 0.430. The molecule has 0 N–H and O–H groups in total. The average molecular weight is 474 g/mol. The molecule has 0 saturated carbocycles. The maximum atomic E-state index is 13.1. The normalized spacial score (nSPS) is 13.2. The fourth-order valence-electron chi connectivity index (χ4n) is 4.48. The lowest BCUT2D eigenvalue weighted by Crippen LogP contribution is -2.33. The highest BCUT2D eigenvalue weighted by Crippen LogP contribution is 2.36. The van der Waals surface area contributed by atoms with E-state index in [0.29, 0.717) is 41.5 Å². The van der Waals surface area contributed by atoms with Gasteiger partial charge in [0.15, 0.2) is 0 Å². The highest BCUT2D eigenvalue weighted by molar-refractivity contribution is 5.87. The van der Waals surface area contributed by atoms with E-state index in [-0.39, 0.29) is 0 Å². The Balaban J connectivity index is 1.45. The molecule has 0 spiro atoms. The zero-order chi connectivity index (χ0) is 24.4. The maximum Gasteiger partial charge on any atom is 0.344 e. The van der Waals surface area contributed by atoms with Gasteiger partial charge in [-0.25, -0.2) is 4.79 Å². The molecule has 4 aromatic rings. The van der Waals surface area contributed by atoms with Crippen molar-refractivity contribution < 1.29 is 23.4 Å². The molecule has 7 heteroatoms. The lowest BCUT2D eigenvalue weighted by molar-refractivity contribution is 0.0966. The van der Waals surface area contributed by atoms with Gasteiger partial charge in [0.25, 0.3) is 0 Å². The van der Waals surface area contributed by atoms with Gasteiger partial charge in [0.2, 0.25) is 0 Å². The van der Waals surface area contributed by atoms with Crippen LogP contribution in [0.25, 0.3) is 22.1 Å². The van der Waals surface area contributed by atoms with Crippen molar-refractivity contribution in [2.24, 2.45) is 0 Å². The molecule has 0 amide bonds. The topological polar surface area (TPSA) is 70.4 Å². The molecule has 7 nitrogen and oxygen atoms in total. The quantitative estimate of drug-likeness (QED) is 0.354. The van der Waals surface area contributed by atoms with E-state index in [4.69, 9.17) is 23.4 Å². The summed E-state index contributed by atoms with van der Waals surface area (Å²) in [6, 6.07) is 19.1. The first-order valence-electron chi connectivity index (χ1n) is 11.4. The third-order valence-electron chi connectivity index (χ3n) is 6.34. The first-order valence-corrected chi connectivity index (χ1v) is 11.4. The lowest BCUT2D eigenvalue weighted by atomic mass is 10.0. The summed E-state index contributed by atoms with van der Waals surface area (Å²) in [7, 11) is 4.83. The van der Waals surface area contributed by atoms with Crippen molar-refractivity contribution in [1.82, 2.24) is 4.90 Å². The van der Waals surface area contributed by atoms with Crippen LogP contribution in [-0.4, -0.2) is 39.5 Å². The molecule has 0 radical (unpaired) electrons. The number of hydrogen-bond donors (Lipinski definition) is 0. The zero-order valence-corrected chi connectivity index (χ0v) is 20.0. The van der Waals surface area contributed by atoms with Crippen LogP contribution < -0.4 is 24.6 Å². The van der Waals surface area contributed by atoms with Gasteiger partial charge in [0.1, 0.15) is 35.3 Å². The number of benzene rings is 3. The van der Waals surface area contributed by atoms with E-state index < -0.39 is 5.63 Å². The Morgan fingerprint density at radius 3 is 2.51 bits per heavy atom. The Morgan fingerprint density at radius 2 is 1.71 bits per heavy atom. The van der Waals surface area contributed by atoms with Gasteiger partial charge in [0, 0.05) is 30.1 Å². The Morgan fingerprint density at radius 1 is 0.886 bits per heavy atom. The Kier molecular flexibility index (Phi) is 6.33. The molecule has 1 aliphatic rings. The molecule has 0 saturated heterocycles. The van der Waals surface area contributed by atoms with Crippen LogP contribution in [0.5, 0.6) is 23.0 Å². The van der Waals surface area contributed by atoms with E-state index in [1.54, 1.807) is 39.5 Å². The monoisotopic (exact) mass is 473 g/mol. The van der Waals surface area contributed by atoms with E-state index in [9.17, 15) is 4.79 Å². The van der Waals surface area contributed by atoms with Crippen molar-refractivity contribution in [1.29, 1.82) is 0 Å². The molecule has 1 aromatic heterocycles. The van der Waals surface area contributed by atoms with E-state index in [0.717, 1.165) is 41.0 Å². The van der Waals surface area contributed by atoms with Crippen LogP contribution in [0.4, 0.5) is 0 Å². The minimum Gasteiger partial charge on any atom is -0.497 e. The zero-order valence-electron chi connectivity index (χ0n) is 20.0.